The Kier molecular flexibility index (Phi) is 12.2. The Morgan fingerprint density at radius 2 is 1.39 bits per heavy atom. The third kappa shape index (κ3) is 10.2. The first-order valence-corrected chi connectivity index (χ1v) is 12.5. The molecule has 0 aliphatic rings. The summed E-state index contributed by atoms with van der Waals surface area (Å²) in [6, 6.07) is 11.2. The first kappa shape index (κ1) is 30.3. The minimum atomic E-state index is -1.18. The molecule has 0 aliphatic carbocycles. The Morgan fingerprint density at radius 1 is 0.789 bits per heavy atom. The number of amides is 3. The average Bonchev–Trinajstić information content (AvgIpc) is 2.89. The van der Waals surface area contributed by atoms with Crippen LogP contribution in [-0.4, -0.2) is 64.6 Å². The fraction of sp³-hybridized carbons (Fsp3) is 0.407. The van der Waals surface area contributed by atoms with Crippen molar-refractivity contribution in [2.24, 2.45) is 11.5 Å². The van der Waals surface area contributed by atoms with Crippen LogP contribution in [0.15, 0.2) is 54.6 Å². The van der Waals surface area contributed by atoms with Gasteiger partial charge < -0.3 is 37.6 Å². The highest BCUT2D eigenvalue weighted by molar-refractivity contribution is 5.94. The van der Waals surface area contributed by atoms with Gasteiger partial charge in [-0.3, -0.25) is 14.4 Å². The van der Waals surface area contributed by atoms with Crippen LogP contribution in [0.5, 0.6) is 5.75 Å². The first-order chi connectivity index (χ1) is 18.1. The van der Waals surface area contributed by atoms with E-state index in [1.807, 2.05) is 6.07 Å². The zero-order valence-corrected chi connectivity index (χ0v) is 21.4. The van der Waals surface area contributed by atoms with E-state index in [1.54, 1.807) is 36.4 Å². The largest absolute Gasteiger partial charge is 0.508 e. The summed E-state index contributed by atoms with van der Waals surface area (Å²) in [6.07, 6.45) is 1.71. The number of benzene rings is 2. The van der Waals surface area contributed by atoms with Crippen LogP contribution in [0.4, 0.5) is 0 Å². The molecule has 0 spiro atoms. The third-order valence-electron chi connectivity index (χ3n) is 5.96. The van der Waals surface area contributed by atoms with E-state index in [0.717, 1.165) is 11.1 Å². The number of aliphatic carboxylic acids is 1. The van der Waals surface area contributed by atoms with Gasteiger partial charge in [-0.05, 0) is 62.4 Å². The number of aromatic hydroxyl groups is 1. The molecule has 0 bridgehead atoms. The number of nitrogens with two attached hydrogens (primary N) is 2. The number of carboxylic acid groups (broad SMARTS) is 1. The van der Waals surface area contributed by atoms with Crippen LogP contribution < -0.4 is 27.4 Å². The van der Waals surface area contributed by atoms with E-state index in [1.165, 1.54) is 19.1 Å². The number of phenolic OH excluding ortho intramolecular Hbond substituents is 1. The summed E-state index contributed by atoms with van der Waals surface area (Å²) in [5.74, 6) is -2.92. The van der Waals surface area contributed by atoms with E-state index in [2.05, 4.69) is 16.0 Å². The molecule has 2 aromatic rings. The maximum absolute atomic E-state index is 13.1. The number of hydrogen-bond donors (Lipinski definition) is 7. The quantitative estimate of drug-likeness (QED) is 0.159. The lowest BCUT2D eigenvalue weighted by Crippen LogP contribution is -2.57. The third-order valence-corrected chi connectivity index (χ3v) is 5.96. The van der Waals surface area contributed by atoms with Gasteiger partial charge in [0.2, 0.25) is 17.7 Å². The molecule has 0 radical (unpaired) electrons. The zero-order chi connectivity index (χ0) is 28.1. The fourth-order valence-electron chi connectivity index (χ4n) is 3.74. The number of hydrogen-bond acceptors (Lipinski definition) is 7. The highest BCUT2D eigenvalue weighted by atomic mass is 16.4. The smallest absolute Gasteiger partial charge is 0.326 e. The standard InChI is InChI=1S/C27H37N5O6/c1-17(24(34)31-22(27(37)38)9-5-6-14-28)30-26(36)23(16-18-7-3-2-4-8-18)32-25(35)21(29)15-19-10-12-20(33)13-11-19/h2-4,7-8,10-13,17,21-23,33H,5-6,9,14-16,28-29H2,1H3,(H,30,36)(H,31,34)(H,32,35)(H,37,38). The molecule has 4 atom stereocenters. The lowest BCUT2D eigenvalue weighted by Gasteiger charge is -2.24. The molecule has 0 saturated carbocycles. The van der Waals surface area contributed by atoms with Crippen LogP contribution in [0.2, 0.25) is 0 Å². The van der Waals surface area contributed by atoms with Gasteiger partial charge in [0.05, 0.1) is 6.04 Å². The topological polar surface area (TPSA) is 197 Å². The molecule has 11 heteroatoms. The molecule has 2 rings (SSSR count). The minimum absolute atomic E-state index is 0.0924. The number of carbonyl (C=O) groups excluding carboxylic acids is 3. The van der Waals surface area contributed by atoms with Gasteiger partial charge in [0.1, 0.15) is 23.9 Å². The highest BCUT2D eigenvalue weighted by Crippen LogP contribution is 2.11. The molecular weight excluding hydrogens is 490 g/mol. The van der Waals surface area contributed by atoms with Crippen molar-refractivity contribution < 1.29 is 29.4 Å². The second kappa shape index (κ2) is 15.3. The van der Waals surface area contributed by atoms with Gasteiger partial charge in [0.15, 0.2) is 0 Å². The summed E-state index contributed by atoms with van der Waals surface area (Å²) in [5.41, 5.74) is 13.0. The molecule has 38 heavy (non-hydrogen) atoms. The van der Waals surface area contributed by atoms with Crippen LogP contribution in [0.25, 0.3) is 0 Å². The molecule has 0 aliphatic heterocycles. The summed E-state index contributed by atoms with van der Waals surface area (Å²) in [4.78, 5) is 50.1. The predicted molar refractivity (Wildman–Crippen MR) is 142 cm³/mol. The van der Waals surface area contributed by atoms with E-state index in [-0.39, 0.29) is 25.0 Å². The number of carboxylic acids is 1. The number of phenols is 1. The highest BCUT2D eigenvalue weighted by Gasteiger charge is 2.28. The van der Waals surface area contributed by atoms with E-state index >= 15 is 0 Å². The van der Waals surface area contributed by atoms with Gasteiger partial charge in [-0.2, -0.15) is 0 Å². The summed E-state index contributed by atoms with van der Waals surface area (Å²) < 4.78 is 0. The van der Waals surface area contributed by atoms with Crippen molar-refractivity contribution in [3.8, 4) is 5.75 Å². The van der Waals surface area contributed by atoms with Crippen molar-refractivity contribution in [3.63, 3.8) is 0 Å². The maximum atomic E-state index is 13.1. The SMILES string of the molecule is CC(NC(=O)C(Cc1ccccc1)NC(=O)C(N)Cc1ccc(O)cc1)C(=O)NC(CCCCN)C(=O)O. The van der Waals surface area contributed by atoms with Crippen molar-refractivity contribution in [1.29, 1.82) is 0 Å². The maximum Gasteiger partial charge on any atom is 0.326 e. The Labute approximate surface area is 222 Å². The summed E-state index contributed by atoms with van der Waals surface area (Å²) in [7, 11) is 0. The Morgan fingerprint density at radius 3 is 2.00 bits per heavy atom. The van der Waals surface area contributed by atoms with E-state index < -0.39 is 47.9 Å². The monoisotopic (exact) mass is 527 g/mol. The zero-order valence-electron chi connectivity index (χ0n) is 21.4. The van der Waals surface area contributed by atoms with Gasteiger partial charge in [0.25, 0.3) is 0 Å². The van der Waals surface area contributed by atoms with Gasteiger partial charge in [-0.25, -0.2) is 4.79 Å². The second-order valence-electron chi connectivity index (χ2n) is 9.14. The van der Waals surface area contributed by atoms with Crippen LogP contribution in [0, 0.1) is 0 Å². The van der Waals surface area contributed by atoms with Crippen LogP contribution in [0.1, 0.15) is 37.3 Å². The molecule has 0 heterocycles. The van der Waals surface area contributed by atoms with Crippen molar-refractivity contribution in [3.05, 3.63) is 65.7 Å². The van der Waals surface area contributed by atoms with Crippen LogP contribution in [0.3, 0.4) is 0 Å². The first-order valence-electron chi connectivity index (χ1n) is 12.5. The molecule has 11 nitrogen and oxygen atoms in total. The number of rotatable bonds is 15. The van der Waals surface area contributed by atoms with Gasteiger partial charge in [-0.1, -0.05) is 42.5 Å². The van der Waals surface area contributed by atoms with Gasteiger partial charge >= 0.3 is 5.97 Å². The van der Waals surface area contributed by atoms with Crippen molar-refractivity contribution in [2.45, 2.75) is 63.2 Å². The van der Waals surface area contributed by atoms with Crippen LogP contribution >= 0.6 is 0 Å². The minimum Gasteiger partial charge on any atom is -0.508 e. The molecule has 4 unspecified atom stereocenters. The summed E-state index contributed by atoms with van der Waals surface area (Å²) in [6.45, 7) is 1.85. The molecule has 2 aromatic carbocycles. The van der Waals surface area contributed by atoms with E-state index in [9.17, 15) is 29.4 Å². The van der Waals surface area contributed by atoms with Crippen molar-refractivity contribution in [1.82, 2.24) is 16.0 Å². The van der Waals surface area contributed by atoms with Crippen molar-refractivity contribution in [2.75, 3.05) is 6.54 Å². The molecule has 0 aromatic heterocycles. The Balaban J connectivity index is 2.06. The van der Waals surface area contributed by atoms with Gasteiger partial charge in [0, 0.05) is 6.42 Å². The molecule has 0 saturated heterocycles. The lowest BCUT2D eigenvalue weighted by atomic mass is 10.0. The second-order valence-corrected chi connectivity index (χ2v) is 9.14. The Bertz CT molecular complexity index is 1060. The predicted octanol–water partition coefficient (Wildman–Crippen LogP) is 0.193. The number of carbonyl (C=O) groups is 4. The Hall–Kier alpha value is -3.96. The number of nitrogens with one attached hydrogen (secondary N) is 3. The summed E-state index contributed by atoms with van der Waals surface area (Å²) >= 11 is 0. The molecular formula is C27H37N5O6. The molecule has 3 amide bonds. The van der Waals surface area contributed by atoms with Crippen molar-refractivity contribution >= 4 is 23.7 Å². The molecule has 0 fully saturated rings. The molecule has 9 N–H and O–H groups in total. The van der Waals surface area contributed by atoms with Crippen LogP contribution in [-0.2, 0) is 32.0 Å². The lowest BCUT2D eigenvalue weighted by molar-refractivity contribution is -0.142. The fourth-order valence-corrected chi connectivity index (χ4v) is 3.74. The average molecular weight is 528 g/mol. The van der Waals surface area contributed by atoms with Gasteiger partial charge in [-0.15, -0.1) is 0 Å². The molecule has 206 valence electrons. The summed E-state index contributed by atoms with van der Waals surface area (Å²) in [5, 5.41) is 26.5. The van der Waals surface area contributed by atoms with E-state index in [0.29, 0.717) is 19.4 Å². The number of unbranched alkanes of at least 4 members (excludes halogenated alkanes) is 1. The normalized spacial score (nSPS) is 14.0. The van der Waals surface area contributed by atoms with E-state index in [4.69, 9.17) is 11.5 Å².